The number of ether oxygens (including phenoxy) is 1. The summed E-state index contributed by atoms with van der Waals surface area (Å²) in [6.07, 6.45) is 3.56. The fourth-order valence-electron chi connectivity index (χ4n) is 2.70. The lowest BCUT2D eigenvalue weighted by molar-refractivity contribution is -0.908. The van der Waals surface area contributed by atoms with Crippen LogP contribution in [0.15, 0.2) is 18.2 Å². The van der Waals surface area contributed by atoms with Crippen LogP contribution in [0.2, 0.25) is 0 Å². The Morgan fingerprint density at radius 1 is 1.21 bits per heavy atom. The van der Waals surface area contributed by atoms with Gasteiger partial charge in [-0.05, 0) is 50.3 Å². The number of likely N-dealkylation sites (tertiary alicyclic amines) is 1. The van der Waals surface area contributed by atoms with Gasteiger partial charge in [0, 0.05) is 0 Å². The molecular weight excluding hydrogens is 238 g/mol. The molecular formula is C16H26NO2+. The van der Waals surface area contributed by atoms with E-state index in [1.165, 1.54) is 42.8 Å². The number of aliphatic hydroxyl groups excluding tert-OH is 1. The molecule has 2 rings (SSSR count). The van der Waals surface area contributed by atoms with Crippen molar-refractivity contribution in [1.29, 1.82) is 0 Å². The van der Waals surface area contributed by atoms with Crippen LogP contribution in [-0.4, -0.2) is 37.5 Å². The minimum atomic E-state index is -0.368. The lowest BCUT2D eigenvalue weighted by atomic mass is 10.1. The van der Waals surface area contributed by atoms with Gasteiger partial charge in [0.15, 0.2) is 0 Å². The van der Waals surface area contributed by atoms with Gasteiger partial charge in [-0.3, -0.25) is 0 Å². The van der Waals surface area contributed by atoms with Gasteiger partial charge in [0.05, 0.1) is 13.1 Å². The molecule has 1 aromatic carbocycles. The summed E-state index contributed by atoms with van der Waals surface area (Å²) in [5.74, 6) is 0.896. The van der Waals surface area contributed by atoms with E-state index in [-0.39, 0.29) is 6.10 Å². The van der Waals surface area contributed by atoms with Crippen molar-refractivity contribution in [3.05, 3.63) is 29.3 Å². The summed E-state index contributed by atoms with van der Waals surface area (Å²) >= 11 is 0. The second-order valence-electron chi connectivity index (χ2n) is 5.75. The number of aryl methyl sites for hydroxylation is 2. The first kappa shape index (κ1) is 14.4. The van der Waals surface area contributed by atoms with Crippen molar-refractivity contribution in [1.82, 2.24) is 0 Å². The number of rotatable bonds is 5. The van der Waals surface area contributed by atoms with Gasteiger partial charge in [-0.2, -0.15) is 0 Å². The molecule has 3 nitrogen and oxygen atoms in total. The molecule has 0 spiro atoms. The van der Waals surface area contributed by atoms with Crippen molar-refractivity contribution >= 4 is 0 Å². The van der Waals surface area contributed by atoms with Gasteiger partial charge >= 0.3 is 0 Å². The number of nitrogens with one attached hydrogen (secondary N) is 1. The molecule has 0 unspecified atom stereocenters. The maximum atomic E-state index is 10.1. The molecule has 106 valence electrons. The maximum Gasteiger partial charge on any atom is 0.137 e. The van der Waals surface area contributed by atoms with Crippen molar-refractivity contribution in [3.63, 3.8) is 0 Å². The number of hydrogen-bond donors (Lipinski definition) is 2. The van der Waals surface area contributed by atoms with E-state index in [1.807, 2.05) is 13.0 Å². The van der Waals surface area contributed by atoms with Crippen LogP contribution in [-0.2, 0) is 0 Å². The van der Waals surface area contributed by atoms with Crippen LogP contribution in [0.5, 0.6) is 5.75 Å². The fourth-order valence-corrected chi connectivity index (χ4v) is 2.70. The fraction of sp³-hybridized carbons (Fsp3) is 0.625. The first-order valence-corrected chi connectivity index (χ1v) is 7.37. The summed E-state index contributed by atoms with van der Waals surface area (Å²) in [5.41, 5.74) is 2.32. The second kappa shape index (κ2) is 6.92. The smallest absolute Gasteiger partial charge is 0.137 e. The zero-order valence-corrected chi connectivity index (χ0v) is 12.1. The topological polar surface area (TPSA) is 33.9 Å². The van der Waals surface area contributed by atoms with Crippen molar-refractivity contribution in [2.24, 2.45) is 0 Å². The highest BCUT2D eigenvalue weighted by Crippen LogP contribution is 2.19. The van der Waals surface area contributed by atoms with Crippen LogP contribution in [0.1, 0.15) is 30.4 Å². The molecule has 2 N–H and O–H groups in total. The van der Waals surface area contributed by atoms with Gasteiger partial charge in [0.2, 0.25) is 0 Å². The van der Waals surface area contributed by atoms with Crippen LogP contribution >= 0.6 is 0 Å². The average Bonchev–Trinajstić information content (AvgIpc) is 2.41. The van der Waals surface area contributed by atoms with E-state index in [9.17, 15) is 5.11 Å². The molecule has 0 saturated carbocycles. The molecule has 1 aromatic rings. The Labute approximate surface area is 116 Å². The molecule has 0 aromatic heterocycles. The standard InChI is InChI=1S/C16H25NO2/c1-13-6-7-14(2)16(10-13)19-12-15(18)11-17-8-4-3-5-9-17/h6-7,10,15,18H,3-5,8-9,11-12H2,1-2H3/p+1/t15-/m0/s1. The van der Waals surface area contributed by atoms with Crippen molar-refractivity contribution < 1.29 is 14.7 Å². The molecule has 1 fully saturated rings. The predicted octanol–water partition coefficient (Wildman–Crippen LogP) is 1.11. The van der Waals surface area contributed by atoms with Crippen LogP contribution in [0.25, 0.3) is 0 Å². The molecule has 0 amide bonds. The highest BCUT2D eigenvalue weighted by atomic mass is 16.5. The number of piperidine rings is 1. The van der Waals surface area contributed by atoms with Crippen LogP contribution in [0, 0.1) is 13.8 Å². The third-order valence-corrected chi connectivity index (χ3v) is 3.86. The number of benzene rings is 1. The molecule has 1 saturated heterocycles. The highest BCUT2D eigenvalue weighted by molar-refractivity contribution is 5.35. The van der Waals surface area contributed by atoms with E-state index in [4.69, 9.17) is 4.74 Å². The quantitative estimate of drug-likeness (QED) is 0.835. The predicted molar refractivity (Wildman–Crippen MR) is 76.8 cm³/mol. The van der Waals surface area contributed by atoms with E-state index in [2.05, 4.69) is 19.1 Å². The molecule has 3 heteroatoms. The lowest BCUT2D eigenvalue weighted by Crippen LogP contribution is -3.14. The van der Waals surface area contributed by atoms with Crippen molar-refractivity contribution in [2.45, 2.75) is 39.2 Å². The van der Waals surface area contributed by atoms with Gasteiger partial charge in [0.25, 0.3) is 0 Å². The van der Waals surface area contributed by atoms with Crippen LogP contribution in [0.4, 0.5) is 0 Å². The zero-order chi connectivity index (χ0) is 13.7. The Bertz CT molecular complexity index is 400. The normalized spacial score (nSPS) is 18.3. The largest absolute Gasteiger partial charge is 0.490 e. The first-order valence-electron chi connectivity index (χ1n) is 7.37. The van der Waals surface area contributed by atoms with Crippen molar-refractivity contribution in [3.8, 4) is 5.75 Å². The Morgan fingerprint density at radius 3 is 2.68 bits per heavy atom. The third-order valence-electron chi connectivity index (χ3n) is 3.86. The Balaban J connectivity index is 1.79. The van der Waals surface area contributed by atoms with E-state index in [1.54, 1.807) is 0 Å². The minimum absolute atomic E-state index is 0.368. The summed E-state index contributed by atoms with van der Waals surface area (Å²) in [6.45, 7) is 7.69. The van der Waals surface area contributed by atoms with Gasteiger partial charge < -0.3 is 14.7 Å². The molecule has 1 heterocycles. The third kappa shape index (κ3) is 4.51. The monoisotopic (exact) mass is 264 g/mol. The van der Waals surface area contributed by atoms with E-state index in [0.717, 1.165) is 17.9 Å². The van der Waals surface area contributed by atoms with E-state index in [0.29, 0.717) is 6.61 Å². The number of quaternary nitrogens is 1. The second-order valence-corrected chi connectivity index (χ2v) is 5.75. The summed E-state index contributed by atoms with van der Waals surface area (Å²) in [6, 6.07) is 6.18. The molecule has 1 aliphatic rings. The van der Waals surface area contributed by atoms with Crippen LogP contribution < -0.4 is 9.64 Å². The number of aliphatic hydroxyl groups is 1. The molecule has 0 bridgehead atoms. The molecule has 1 aliphatic heterocycles. The van der Waals surface area contributed by atoms with Gasteiger partial charge in [0.1, 0.15) is 25.0 Å². The lowest BCUT2D eigenvalue weighted by Gasteiger charge is -2.25. The molecule has 0 radical (unpaired) electrons. The van der Waals surface area contributed by atoms with Gasteiger partial charge in [-0.15, -0.1) is 0 Å². The van der Waals surface area contributed by atoms with Gasteiger partial charge in [-0.1, -0.05) is 12.1 Å². The first-order chi connectivity index (χ1) is 9.15. The molecule has 19 heavy (non-hydrogen) atoms. The number of hydrogen-bond acceptors (Lipinski definition) is 2. The SMILES string of the molecule is Cc1ccc(C)c(OC[C@@H](O)C[NH+]2CCCCC2)c1. The summed E-state index contributed by atoms with van der Waals surface area (Å²) < 4.78 is 5.76. The van der Waals surface area contributed by atoms with E-state index >= 15 is 0 Å². The summed E-state index contributed by atoms with van der Waals surface area (Å²) in [4.78, 5) is 1.52. The Hall–Kier alpha value is -1.06. The molecule has 1 atom stereocenters. The average molecular weight is 264 g/mol. The minimum Gasteiger partial charge on any atom is -0.490 e. The zero-order valence-electron chi connectivity index (χ0n) is 12.1. The van der Waals surface area contributed by atoms with Crippen molar-refractivity contribution in [2.75, 3.05) is 26.2 Å². The maximum absolute atomic E-state index is 10.1. The Morgan fingerprint density at radius 2 is 1.95 bits per heavy atom. The highest BCUT2D eigenvalue weighted by Gasteiger charge is 2.18. The Kier molecular flexibility index (Phi) is 5.23. The summed E-state index contributed by atoms with van der Waals surface area (Å²) in [5, 5.41) is 10.1. The van der Waals surface area contributed by atoms with Gasteiger partial charge in [-0.25, -0.2) is 0 Å². The molecule has 0 aliphatic carbocycles. The van der Waals surface area contributed by atoms with E-state index < -0.39 is 0 Å². The van der Waals surface area contributed by atoms with Crippen LogP contribution in [0.3, 0.4) is 0 Å². The summed E-state index contributed by atoms with van der Waals surface area (Å²) in [7, 11) is 0.